The maximum absolute atomic E-state index is 11.7. The van der Waals surface area contributed by atoms with Gasteiger partial charge < -0.3 is 4.74 Å². The van der Waals surface area contributed by atoms with Crippen LogP contribution in [0.4, 0.5) is 5.82 Å². The second-order valence-electron chi connectivity index (χ2n) is 3.66. The lowest BCUT2D eigenvalue weighted by molar-refractivity contribution is -0.117. The average molecular weight is 290 g/mol. The third-order valence-electron chi connectivity index (χ3n) is 2.44. The summed E-state index contributed by atoms with van der Waals surface area (Å²) in [6.07, 6.45) is 1.46. The van der Waals surface area contributed by atoms with Crippen molar-refractivity contribution in [2.75, 3.05) is 18.6 Å². The van der Waals surface area contributed by atoms with Gasteiger partial charge in [-0.05, 0) is 0 Å². The predicted octanol–water partition coefficient (Wildman–Crippen LogP) is 1.26. The van der Waals surface area contributed by atoms with E-state index in [0.717, 1.165) is 0 Å². The summed E-state index contributed by atoms with van der Waals surface area (Å²) in [7, 11) is 1.21. The Hall–Kier alpha value is -1.40. The zero-order valence-electron chi connectivity index (χ0n) is 9.39. The summed E-state index contributed by atoms with van der Waals surface area (Å²) in [5, 5.41) is -0.256. The van der Waals surface area contributed by atoms with Gasteiger partial charge in [0, 0.05) is 13.0 Å². The van der Waals surface area contributed by atoms with E-state index in [9.17, 15) is 9.59 Å². The van der Waals surface area contributed by atoms with Gasteiger partial charge in [-0.15, -0.1) is 11.6 Å². The number of halogens is 2. The first kappa shape index (κ1) is 13.0. The van der Waals surface area contributed by atoms with Gasteiger partial charge in [-0.3, -0.25) is 9.69 Å². The molecule has 0 spiro atoms. The summed E-state index contributed by atoms with van der Waals surface area (Å²) in [5.74, 6) is -0.790. The van der Waals surface area contributed by atoms with Crippen LogP contribution in [0.1, 0.15) is 16.9 Å². The van der Waals surface area contributed by atoms with Gasteiger partial charge in [0.05, 0.1) is 18.7 Å². The summed E-state index contributed by atoms with van der Waals surface area (Å²) in [6.45, 7) is 0.278. The van der Waals surface area contributed by atoms with Crippen molar-refractivity contribution in [1.29, 1.82) is 0 Å². The van der Waals surface area contributed by atoms with Crippen LogP contribution in [0.25, 0.3) is 0 Å². The number of aromatic nitrogens is 2. The van der Waals surface area contributed by atoms with Crippen molar-refractivity contribution < 1.29 is 14.3 Å². The molecule has 1 aliphatic rings. The molecule has 2 rings (SSSR count). The highest BCUT2D eigenvalue weighted by Gasteiger charge is 2.33. The Bertz CT molecular complexity index is 509. The molecule has 2 heterocycles. The first-order valence-electron chi connectivity index (χ1n) is 5.08. The second kappa shape index (κ2) is 5.07. The Morgan fingerprint density at radius 3 is 2.89 bits per heavy atom. The van der Waals surface area contributed by atoms with E-state index < -0.39 is 5.97 Å². The monoisotopic (exact) mass is 289 g/mol. The van der Waals surface area contributed by atoms with E-state index in [4.69, 9.17) is 23.2 Å². The minimum absolute atomic E-state index is 0.0493. The molecule has 1 aromatic heterocycles. The molecule has 1 saturated heterocycles. The van der Waals surface area contributed by atoms with Crippen molar-refractivity contribution in [1.82, 2.24) is 9.97 Å². The third-order valence-corrected chi connectivity index (χ3v) is 2.91. The Labute approximate surface area is 113 Å². The Morgan fingerprint density at radius 1 is 1.61 bits per heavy atom. The number of alkyl halides is 1. The summed E-state index contributed by atoms with van der Waals surface area (Å²) < 4.78 is 4.58. The standard InChI is InChI=1S/C10H9Cl2N3O3/c1-18-10(17)8-9(13-3-6(12)14-8)15-4-5(11)2-7(15)16/h3,5H,2,4H2,1H3. The highest BCUT2D eigenvalue weighted by molar-refractivity contribution is 6.29. The largest absolute Gasteiger partial charge is 0.464 e. The zero-order valence-corrected chi connectivity index (χ0v) is 10.9. The lowest BCUT2D eigenvalue weighted by atomic mass is 10.3. The highest BCUT2D eigenvalue weighted by Crippen LogP contribution is 2.25. The van der Waals surface area contributed by atoms with Gasteiger partial charge in [-0.1, -0.05) is 11.6 Å². The number of hydrogen-bond acceptors (Lipinski definition) is 5. The van der Waals surface area contributed by atoms with Crippen molar-refractivity contribution in [3.05, 3.63) is 17.0 Å². The zero-order chi connectivity index (χ0) is 13.3. The van der Waals surface area contributed by atoms with Crippen LogP contribution in [0, 0.1) is 0 Å². The molecule has 8 heteroatoms. The molecule has 0 aliphatic carbocycles. The molecule has 1 aromatic rings. The van der Waals surface area contributed by atoms with E-state index in [1.807, 2.05) is 0 Å². The SMILES string of the molecule is COC(=O)c1nc(Cl)cnc1N1CC(Cl)CC1=O. The molecule has 18 heavy (non-hydrogen) atoms. The Morgan fingerprint density at radius 2 is 2.33 bits per heavy atom. The molecule has 0 radical (unpaired) electrons. The topological polar surface area (TPSA) is 72.4 Å². The summed E-state index contributed by atoms with van der Waals surface area (Å²) in [4.78, 5) is 32.4. The van der Waals surface area contributed by atoms with E-state index in [0.29, 0.717) is 0 Å². The fraction of sp³-hybridized carbons (Fsp3) is 0.400. The molecule has 1 unspecified atom stereocenters. The Balaban J connectivity index is 2.44. The molecule has 0 saturated carbocycles. The first-order valence-corrected chi connectivity index (χ1v) is 5.89. The van der Waals surface area contributed by atoms with Gasteiger partial charge >= 0.3 is 5.97 Å². The van der Waals surface area contributed by atoms with Crippen LogP contribution >= 0.6 is 23.2 Å². The summed E-state index contributed by atoms with van der Waals surface area (Å²) in [5.41, 5.74) is -0.0934. The van der Waals surface area contributed by atoms with Crippen LogP contribution in [-0.4, -0.2) is 40.9 Å². The number of carbonyl (C=O) groups excluding carboxylic acids is 2. The first-order chi connectivity index (χ1) is 8.52. The molecule has 0 bridgehead atoms. The van der Waals surface area contributed by atoms with Crippen LogP contribution in [0.5, 0.6) is 0 Å². The number of hydrogen-bond donors (Lipinski definition) is 0. The molecular formula is C10H9Cl2N3O3. The van der Waals surface area contributed by atoms with Crippen molar-refractivity contribution >= 4 is 40.9 Å². The van der Waals surface area contributed by atoms with E-state index in [2.05, 4.69) is 14.7 Å². The molecule has 1 fully saturated rings. The normalized spacial score (nSPS) is 19.2. The minimum atomic E-state index is -0.703. The fourth-order valence-corrected chi connectivity index (χ4v) is 2.06. The number of anilines is 1. The summed E-state index contributed by atoms with van der Waals surface area (Å²) >= 11 is 11.6. The number of ether oxygens (including phenoxy) is 1. The number of esters is 1. The second-order valence-corrected chi connectivity index (χ2v) is 4.67. The van der Waals surface area contributed by atoms with Crippen LogP contribution in [-0.2, 0) is 9.53 Å². The molecular weight excluding hydrogens is 281 g/mol. The van der Waals surface area contributed by atoms with Crippen molar-refractivity contribution in [3.8, 4) is 0 Å². The number of nitrogens with zero attached hydrogens (tertiary/aromatic N) is 3. The van der Waals surface area contributed by atoms with Gasteiger partial charge in [0.15, 0.2) is 11.5 Å². The van der Waals surface area contributed by atoms with Crippen LogP contribution < -0.4 is 4.90 Å². The summed E-state index contributed by atoms with van der Waals surface area (Å²) in [6, 6.07) is 0. The van der Waals surface area contributed by atoms with Gasteiger partial charge in [0.2, 0.25) is 5.91 Å². The van der Waals surface area contributed by atoms with Gasteiger partial charge in [0.1, 0.15) is 5.15 Å². The Kier molecular flexibility index (Phi) is 3.68. The molecule has 0 N–H and O–H groups in total. The van der Waals surface area contributed by atoms with Crippen LogP contribution in [0.3, 0.4) is 0 Å². The molecule has 0 aromatic carbocycles. The lowest BCUT2D eigenvalue weighted by Crippen LogP contribution is -2.28. The van der Waals surface area contributed by atoms with E-state index in [1.165, 1.54) is 18.2 Å². The molecule has 1 atom stereocenters. The van der Waals surface area contributed by atoms with Crippen molar-refractivity contribution in [2.45, 2.75) is 11.8 Å². The van der Waals surface area contributed by atoms with E-state index >= 15 is 0 Å². The molecule has 6 nitrogen and oxygen atoms in total. The van der Waals surface area contributed by atoms with Crippen LogP contribution in [0.2, 0.25) is 5.15 Å². The molecule has 1 amide bonds. The maximum Gasteiger partial charge on any atom is 0.360 e. The average Bonchev–Trinajstić information content (AvgIpc) is 2.67. The van der Waals surface area contributed by atoms with Gasteiger partial charge in [-0.2, -0.15) is 0 Å². The lowest BCUT2D eigenvalue weighted by Gasteiger charge is -2.16. The van der Waals surface area contributed by atoms with Crippen LogP contribution in [0.15, 0.2) is 6.20 Å². The maximum atomic E-state index is 11.7. The fourth-order valence-electron chi connectivity index (χ4n) is 1.66. The highest BCUT2D eigenvalue weighted by atomic mass is 35.5. The number of amides is 1. The number of rotatable bonds is 2. The number of carbonyl (C=O) groups is 2. The van der Waals surface area contributed by atoms with Crippen molar-refractivity contribution in [2.24, 2.45) is 0 Å². The van der Waals surface area contributed by atoms with Gasteiger partial charge in [-0.25, -0.2) is 14.8 Å². The predicted molar refractivity (Wildman–Crippen MR) is 65.0 cm³/mol. The number of methoxy groups -OCH3 is 1. The van der Waals surface area contributed by atoms with E-state index in [-0.39, 0.29) is 40.9 Å². The van der Waals surface area contributed by atoms with E-state index in [1.54, 1.807) is 0 Å². The smallest absolute Gasteiger partial charge is 0.360 e. The van der Waals surface area contributed by atoms with Crippen molar-refractivity contribution in [3.63, 3.8) is 0 Å². The quantitative estimate of drug-likeness (QED) is 0.605. The minimum Gasteiger partial charge on any atom is -0.464 e. The molecule has 1 aliphatic heterocycles. The van der Waals surface area contributed by atoms with Gasteiger partial charge in [0.25, 0.3) is 0 Å². The third kappa shape index (κ3) is 2.39. The molecule has 96 valence electrons.